The zero-order chi connectivity index (χ0) is 43.7. The van der Waals surface area contributed by atoms with Gasteiger partial charge in [0, 0.05) is 36.8 Å². The minimum atomic E-state index is -1.35. The van der Waals surface area contributed by atoms with Crippen LogP contribution >= 0.6 is 23.2 Å². The standard InChI is InChI=1S/C48H39Cl2F2N3O7/c1-26-27(2)53-16-15-36(26)30-6-3-28(4-7-30)18-41(48(58)59)54-46(56)42-20-33-21-43-44(22-34(33)23-55(42)47(57)32-10-14-39(51)40(52)19-32)62-45(25-61-43)31-8-11-35(12-9-31)60-24-29-5-13-37(49)38(50)17-29/h3-17,19,21-22,41-42,45H,18,20,23-25H2,1-2H3,(H,54,56)(H,58,59)/t41-,42-,45+/m0/s1. The molecule has 0 aliphatic carbocycles. The van der Waals surface area contributed by atoms with Gasteiger partial charge in [0.2, 0.25) is 5.91 Å². The predicted octanol–water partition coefficient (Wildman–Crippen LogP) is 9.42. The Kier molecular flexibility index (Phi) is 12.1. The van der Waals surface area contributed by atoms with Crippen molar-refractivity contribution in [3.8, 4) is 28.4 Å². The molecule has 3 heterocycles. The molecule has 0 fully saturated rings. The van der Waals surface area contributed by atoms with Crippen molar-refractivity contribution in [1.29, 1.82) is 0 Å². The van der Waals surface area contributed by atoms with Gasteiger partial charge in [0.1, 0.15) is 31.0 Å². The molecule has 1 aromatic heterocycles. The van der Waals surface area contributed by atoms with Crippen LogP contribution in [0, 0.1) is 25.5 Å². The van der Waals surface area contributed by atoms with Crippen LogP contribution in [0.25, 0.3) is 11.1 Å². The van der Waals surface area contributed by atoms with Crippen molar-refractivity contribution in [3.05, 3.63) is 176 Å². The fourth-order valence-electron chi connectivity index (χ4n) is 7.61. The summed E-state index contributed by atoms with van der Waals surface area (Å²) in [6.07, 6.45) is 1.19. The van der Waals surface area contributed by atoms with Gasteiger partial charge in [-0.15, -0.1) is 0 Å². The molecule has 8 rings (SSSR count). The second-order valence-corrected chi connectivity index (χ2v) is 16.1. The fourth-order valence-corrected chi connectivity index (χ4v) is 7.93. The molecule has 2 aliphatic rings. The van der Waals surface area contributed by atoms with Crippen LogP contribution in [0.2, 0.25) is 10.0 Å². The fraction of sp³-hybridized carbons (Fsp3) is 0.208. The third kappa shape index (κ3) is 9.07. The number of amides is 2. The zero-order valence-corrected chi connectivity index (χ0v) is 35.0. The van der Waals surface area contributed by atoms with Gasteiger partial charge in [0.15, 0.2) is 29.2 Å². The number of hydrogen-bond donors (Lipinski definition) is 2. The van der Waals surface area contributed by atoms with E-state index >= 15 is 0 Å². The lowest BCUT2D eigenvalue weighted by molar-refractivity contribution is -0.142. The van der Waals surface area contributed by atoms with Crippen molar-refractivity contribution in [3.63, 3.8) is 0 Å². The third-order valence-corrected chi connectivity index (χ3v) is 11.9. The number of fused-ring (bicyclic) bond motifs is 2. The summed E-state index contributed by atoms with van der Waals surface area (Å²) >= 11 is 12.2. The van der Waals surface area contributed by atoms with Crippen LogP contribution in [0.1, 0.15) is 55.5 Å². The highest BCUT2D eigenvalue weighted by Crippen LogP contribution is 2.41. The molecule has 0 radical (unpaired) electrons. The molecule has 0 saturated carbocycles. The normalized spacial score (nSPS) is 15.9. The first-order valence-electron chi connectivity index (χ1n) is 19.7. The second kappa shape index (κ2) is 17.8. The summed E-state index contributed by atoms with van der Waals surface area (Å²) in [6, 6.07) is 25.7. The van der Waals surface area contributed by atoms with Gasteiger partial charge in [0.25, 0.3) is 5.91 Å². The first kappa shape index (κ1) is 42.2. The SMILES string of the molecule is Cc1nccc(-c2ccc(C[C@H](NC(=O)[C@@H]3Cc4cc5c(cc4CN3C(=O)c3ccc(F)c(F)c3)O[C@@H](c3ccc(OCc4ccc(Cl)c(Cl)c4)cc3)CO5)C(=O)O)cc2)c1C. The van der Waals surface area contributed by atoms with Crippen molar-refractivity contribution in [2.24, 2.45) is 0 Å². The van der Waals surface area contributed by atoms with E-state index in [-0.39, 0.29) is 38.2 Å². The molecule has 0 spiro atoms. The van der Waals surface area contributed by atoms with Gasteiger partial charge in [0.05, 0.1) is 10.0 Å². The number of carboxylic acid groups (broad SMARTS) is 1. The number of nitrogens with zero attached hydrogens (tertiary/aromatic N) is 2. The maximum absolute atomic E-state index is 14.4. The summed E-state index contributed by atoms with van der Waals surface area (Å²) in [7, 11) is 0. The van der Waals surface area contributed by atoms with Crippen LogP contribution in [0.5, 0.6) is 17.2 Å². The third-order valence-electron chi connectivity index (χ3n) is 11.2. The van der Waals surface area contributed by atoms with Gasteiger partial charge in [-0.25, -0.2) is 13.6 Å². The van der Waals surface area contributed by atoms with Crippen LogP contribution in [-0.2, 0) is 35.6 Å². The molecule has 316 valence electrons. The van der Waals surface area contributed by atoms with E-state index in [1.165, 1.54) is 4.90 Å². The largest absolute Gasteiger partial charge is 0.489 e. The van der Waals surface area contributed by atoms with E-state index in [1.807, 2.05) is 74.5 Å². The van der Waals surface area contributed by atoms with Crippen molar-refractivity contribution in [1.82, 2.24) is 15.2 Å². The lowest BCUT2D eigenvalue weighted by Crippen LogP contribution is -2.56. The van der Waals surface area contributed by atoms with E-state index in [4.69, 9.17) is 37.4 Å². The molecule has 2 N–H and O–H groups in total. The summed E-state index contributed by atoms with van der Waals surface area (Å²) in [5.74, 6) is -3.61. The minimum Gasteiger partial charge on any atom is -0.489 e. The molecule has 2 amide bonds. The molecule has 0 unspecified atom stereocenters. The topological polar surface area (TPSA) is 127 Å². The highest BCUT2D eigenvalue weighted by atomic mass is 35.5. The molecule has 62 heavy (non-hydrogen) atoms. The minimum absolute atomic E-state index is 0.0217. The lowest BCUT2D eigenvalue weighted by Gasteiger charge is -2.37. The number of carbonyl (C=O) groups is 3. The number of rotatable bonds is 11. The molecular formula is C48H39Cl2F2N3O7. The number of ether oxygens (including phenoxy) is 3. The number of pyridine rings is 1. The van der Waals surface area contributed by atoms with Crippen LogP contribution in [0.3, 0.4) is 0 Å². The first-order valence-corrected chi connectivity index (χ1v) is 20.5. The Labute approximate surface area is 366 Å². The predicted molar refractivity (Wildman–Crippen MR) is 229 cm³/mol. The van der Waals surface area contributed by atoms with Gasteiger partial charge in [-0.3, -0.25) is 14.6 Å². The van der Waals surface area contributed by atoms with Gasteiger partial charge in [-0.2, -0.15) is 0 Å². The maximum Gasteiger partial charge on any atom is 0.326 e. The number of nitrogens with one attached hydrogen (secondary N) is 1. The summed E-state index contributed by atoms with van der Waals surface area (Å²) in [5, 5.41) is 13.8. The number of aromatic nitrogens is 1. The Morgan fingerprint density at radius 3 is 2.34 bits per heavy atom. The van der Waals surface area contributed by atoms with Crippen molar-refractivity contribution < 1.29 is 42.5 Å². The number of aryl methyl sites for hydroxylation is 1. The van der Waals surface area contributed by atoms with E-state index in [9.17, 15) is 28.3 Å². The molecule has 0 saturated heterocycles. The number of carboxylic acids is 1. The highest BCUT2D eigenvalue weighted by molar-refractivity contribution is 6.42. The second-order valence-electron chi connectivity index (χ2n) is 15.2. The molecule has 3 atom stereocenters. The molecule has 2 aliphatic heterocycles. The Balaban J connectivity index is 1.000. The Bertz CT molecular complexity index is 2700. The number of carbonyl (C=O) groups excluding carboxylic acids is 2. The average molecular weight is 879 g/mol. The van der Waals surface area contributed by atoms with E-state index in [0.29, 0.717) is 44.0 Å². The van der Waals surface area contributed by atoms with E-state index < -0.39 is 47.6 Å². The molecule has 10 nitrogen and oxygen atoms in total. The number of benzene rings is 5. The van der Waals surface area contributed by atoms with Crippen LogP contribution in [-0.4, -0.2) is 51.5 Å². The molecule has 0 bridgehead atoms. The average Bonchev–Trinajstić information content (AvgIpc) is 3.27. The van der Waals surface area contributed by atoms with Crippen LogP contribution in [0.15, 0.2) is 109 Å². The highest BCUT2D eigenvalue weighted by Gasteiger charge is 2.38. The van der Waals surface area contributed by atoms with Crippen LogP contribution in [0.4, 0.5) is 8.78 Å². The smallest absolute Gasteiger partial charge is 0.326 e. The molecular weight excluding hydrogens is 839 g/mol. The summed E-state index contributed by atoms with van der Waals surface area (Å²) in [6.45, 7) is 4.27. The summed E-state index contributed by atoms with van der Waals surface area (Å²) in [4.78, 5) is 46.4. The Morgan fingerprint density at radius 2 is 1.61 bits per heavy atom. The number of hydrogen-bond acceptors (Lipinski definition) is 7. The summed E-state index contributed by atoms with van der Waals surface area (Å²) < 4.78 is 46.9. The number of halogens is 4. The Hall–Kier alpha value is -6.50. The number of aliphatic carboxylic acids is 1. The van der Waals surface area contributed by atoms with Gasteiger partial charge in [-0.05, 0) is 119 Å². The van der Waals surface area contributed by atoms with Crippen molar-refractivity contribution in [2.45, 2.75) is 58.0 Å². The van der Waals surface area contributed by atoms with Gasteiger partial charge >= 0.3 is 5.97 Å². The van der Waals surface area contributed by atoms with Crippen molar-refractivity contribution in [2.75, 3.05) is 6.61 Å². The van der Waals surface area contributed by atoms with Crippen molar-refractivity contribution >= 4 is 41.0 Å². The van der Waals surface area contributed by atoms with Gasteiger partial charge < -0.3 is 29.5 Å². The quantitative estimate of drug-likeness (QED) is 0.132. The first-order chi connectivity index (χ1) is 29.8. The van der Waals surface area contributed by atoms with Crippen LogP contribution < -0.4 is 19.5 Å². The Morgan fingerprint density at radius 1 is 0.871 bits per heavy atom. The van der Waals surface area contributed by atoms with E-state index in [0.717, 1.165) is 51.7 Å². The van der Waals surface area contributed by atoms with Gasteiger partial charge in [-0.1, -0.05) is 65.7 Å². The monoisotopic (exact) mass is 877 g/mol. The van der Waals surface area contributed by atoms with E-state index in [1.54, 1.807) is 30.5 Å². The lowest BCUT2D eigenvalue weighted by atomic mass is 9.91. The zero-order valence-electron chi connectivity index (χ0n) is 33.5. The molecule has 5 aromatic carbocycles. The van der Waals surface area contributed by atoms with E-state index in [2.05, 4.69) is 10.3 Å². The molecule has 14 heteroatoms. The maximum atomic E-state index is 14.4. The summed E-state index contributed by atoms with van der Waals surface area (Å²) in [5.41, 5.74) is 7.35. The molecule has 6 aromatic rings.